The van der Waals surface area contributed by atoms with Crippen LogP contribution in [0.5, 0.6) is 5.75 Å². The summed E-state index contributed by atoms with van der Waals surface area (Å²) in [6.45, 7) is 10.8. The number of likely N-dealkylation sites (N-methyl/N-ethyl adjacent to an activating group) is 1. The molecular formula is C29H41N7O2. The molecule has 1 aliphatic carbocycles. The molecule has 1 saturated carbocycles. The summed E-state index contributed by atoms with van der Waals surface area (Å²) in [6, 6.07) is 8.11. The first-order chi connectivity index (χ1) is 18.1. The lowest BCUT2D eigenvalue weighted by atomic mass is 9.61. The van der Waals surface area contributed by atoms with Crippen molar-refractivity contribution in [1.82, 2.24) is 24.3 Å². The summed E-state index contributed by atoms with van der Waals surface area (Å²) in [7, 11) is 7.47. The molecule has 0 spiro atoms. The number of anilines is 3. The van der Waals surface area contributed by atoms with E-state index in [1.54, 1.807) is 26.1 Å². The number of benzene rings is 1. The van der Waals surface area contributed by atoms with Gasteiger partial charge >= 0.3 is 0 Å². The van der Waals surface area contributed by atoms with Gasteiger partial charge in [0.1, 0.15) is 17.1 Å². The molecular weight excluding hydrogens is 478 g/mol. The molecule has 1 N–H and O–H groups in total. The number of piperazine rings is 1. The van der Waals surface area contributed by atoms with E-state index >= 15 is 0 Å². The molecule has 2 aromatic heterocycles. The summed E-state index contributed by atoms with van der Waals surface area (Å²) >= 11 is 0. The first kappa shape index (κ1) is 26.3. The summed E-state index contributed by atoms with van der Waals surface area (Å²) in [6.07, 6.45) is 3.99. The van der Waals surface area contributed by atoms with Crippen LogP contribution in [0, 0.1) is 11.8 Å². The minimum Gasteiger partial charge on any atom is -0.495 e. The van der Waals surface area contributed by atoms with Crippen LogP contribution in [-0.2, 0) is 5.54 Å². The van der Waals surface area contributed by atoms with Crippen LogP contribution < -0.4 is 15.0 Å². The van der Waals surface area contributed by atoms with Gasteiger partial charge in [0.15, 0.2) is 0 Å². The fourth-order valence-corrected chi connectivity index (χ4v) is 6.23. The fraction of sp³-hybridized carbons (Fsp3) is 0.552. The number of carbonyl (C=O) groups is 1. The Balaban J connectivity index is 1.52. The van der Waals surface area contributed by atoms with E-state index in [0.29, 0.717) is 23.5 Å². The van der Waals surface area contributed by atoms with E-state index in [1.165, 1.54) is 0 Å². The maximum Gasteiger partial charge on any atom is 0.270 e. The maximum absolute atomic E-state index is 13.3. The lowest BCUT2D eigenvalue weighted by Gasteiger charge is -2.53. The highest BCUT2D eigenvalue weighted by Gasteiger charge is 2.50. The molecule has 2 aliphatic rings. The second-order valence-electron chi connectivity index (χ2n) is 11.4. The minimum atomic E-state index is -0.151. The van der Waals surface area contributed by atoms with Gasteiger partial charge in [-0.3, -0.25) is 4.79 Å². The van der Waals surface area contributed by atoms with Crippen LogP contribution >= 0.6 is 0 Å². The third-order valence-electron chi connectivity index (χ3n) is 8.69. The quantitative estimate of drug-likeness (QED) is 0.495. The van der Waals surface area contributed by atoms with Gasteiger partial charge in [0.05, 0.1) is 18.3 Å². The Morgan fingerprint density at radius 1 is 1.18 bits per heavy atom. The highest BCUT2D eigenvalue weighted by atomic mass is 16.5. The second-order valence-corrected chi connectivity index (χ2v) is 11.4. The maximum atomic E-state index is 13.3. The molecule has 1 unspecified atom stereocenters. The number of nitrogens with one attached hydrogen (secondary N) is 1. The van der Waals surface area contributed by atoms with Crippen molar-refractivity contribution < 1.29 is 9.53 Å². The summed E-state index contributed by atoms with van der Waals surface area (Å²) < 4.78 is 7.98. The smallest absolute Gasteiger partial charge is 0.270 e. The number of hydrogen-bond donors (Lipinski definition) is 1. The van der Waals surface area contributed by atoms with Crippen molar-refractivity contribution in [2.24, 2.45) is 11.8 Å². The number of fused-ring (bicyclic) bond motifs is 1. The van der Waals surface area contributed by atoms with Gasteiger partial charge < -0.3 is 29.3 Å². The van der Waals surface area contributed by atoms with E-state index in [0.717, 1.165) is 67.2 Å². The monoisotopic (exact) mass is 519 g/mol. The molecule has 9 nitrogen and oxygen atoms in total. The summed E-state index contributed by atoms with van der Waals surface area (Å²) in [5.41, 5.74) is 3.28. The average Bonchev–Trinajstić information content (AvgIpc) is 3.26. The van der Waals surface area contributed by atoms with Crippen LogP contribution in [0.15, 0.2) is 30.5 Å². The topological polar surface area (TPSA) is 78.8 Å². The first-order valence-corrected chi connectivity index (χ1v) is 13.6. The molecule has 2 fully saturated rings. The minimum absolute atomic E-state index is 0.0131. The second kappa shape index (κ2) is 10.1. The Morgan fingerprint density at radius 2 is 1.92 bits per heavy atom. The summed E-state index contributed by atoms with van der Waals surface area (Å²) in [4.78, 5) is 29.2. The molecule has 204 valence electrons. The van der Waals surface area contributed by atoms with Crippen molar-refractivity contribution in [2.45, 2.75) is 39.2 Å². The molecule has 3 heterocycles. The zero-order valence-corrected chi connectivity index (χ0v) is 23.8. The Bertz CT molecular complexity index is 1320. The van der Waals surface area contributed by atoms with E-state index in [2.05, 4.69) is 58.6 Å². The Hall–Kier alpha value is -3.33. The van der Waals surface area contributed by atoms with Gasteiger partial charge in [-0.15, -0.1) is 0 Å². The number of methoxy groups -OCH3 is 1. The van der Waals surface area contributed by atoms with E-state index in [9.17, 15) is 4.79 Å². The largest absolute Gasteiger partial charge is 0.495 e. The Kier molecular flexibility index (Phi) is 6.98. The lowest BCUT2D eigenvalue weighted by molar-refractivity contribution is 0.00799. The van der Waals surface area contributed by atoms with E-state index in [-0.39, 0.29) is 11.4 Å². The van der Waals surface area contributed by atoms with E-state index < -0.39 is 0 Å². The first-order valence-electron chi connectivity index (χ1n) is 13.6. The van der Waals surface area contributed by atoms with Gasteiger partial charge in [-0.05, 0) is 49.9 Å². The van der Waals surface area contributed by atoms with Crippen molar-refractivity contribution >= 4 is 34.3 Å². The number of aromatic nitrogens is 3. The molecule has 1 aromatic carbocycles. The van der Waals surface area contributed by atoms with Crippen molar-refractivity contribution in [3.05, 3.63) is 36.2 Å². The fourth-order valence-electron chi connectivity index (χ4n) is 6.23. The molecule has 9 heteroatoms. The van der Waals surface area contributed by atoms with E-state index in [4.69, 9.17) is 9.72 Å². The van der Waals surface area contributed by atoms with Crippen molar-refractivity contribution in [3.8, 4) is 5.75 Å². The van der Waals surface area contributed by atoms with Crippen molar-refractivity contribution in [1.29, 1.82) is 0 Å². The third-order valence-corrected chi connectivity index (χ3v) is 8.69. The number of amides is 1. The SMILES string of the molecule is COc1cc(Nc2ncc3cc(C(=O)N(C)C)n(C4(C(C)C)CC[C@H]4C)c3n2)ccc1N1CCN(C)CC1. The van der Waals surface area contributed by atoms with Gasteiger partial charge in [0.25, 0.3) is 5.91 Å². The van der Waals surface area contributed by atoms with E-state index in [1.807, 2.05) is 24.4 Å². The highest BCUT2D eigenvalue weighted by molar-refractivity contribution is 5.98. The van der Waals surface area contributed by atoms with Crippen LogP contribution in [0.1, 0.15) is 44.1 Å². The van der Waals surface area contributed by atoms with Gasteiger partial charge in [-0.1, -0.05) is 20.8 Å². The van der Waals surface area contributed by atoms with Gasteiger partial charge in [-0.25, -0.2) is 4.98 Å². The molecule has 0 radical (unpaired) electrons. The summed E-state index contributed by atoms with van der Waals surface area (Å²) in [5.74, 6) is 2.12. The van der Waals surface area contributed by atoms with Gasteiger partial charge in [-0.2, -0.15) is 4.98 Å². The molecule has 0 bridgehead atoms. The third kappa shape index (κ3) is 4.36. The Labute approximate surface area is 225 Å². The standard InChI is InChI=1S/C29H41N7O2/c1-19(2)29(11-10-20(29)3)36-24(27(37)33(4)5)16-21-18-30-28(32-26(21)36)31-22-8-9-23(25(17-22)38-7)35-14-12-34(6)13-15-35/h8-9,16-20H,10-15H2,1-7H3,(H,30,31,32)/t20-,29?/m1/s1. The molecule has 2 atom stereocenters. The normalized spacial score (nSPS) is 22.0. The molecule has 1 aliphatic heterocycles. The van der Waals surface area contributed by atoms with Crippen LogP contribution in [0.2, 0.25) is 0 Å². The van der Waals surface area contributed by atoms with Crippen LogP contribution in [-0.4, -0.2) is 84.7 Å². The number of carbonyl (C=O) groups excluding carboxylic acids is 1. The van der Waals surface area contributed by atoms with Crippen molar-refractivity contribution in [3.63, 3.8) is 0 Å². The van der Waals surface area contributed by atoms with Crippen molar-refractivity contribution in [2.75, 3.05) is 64.6 Å². The highest BCUT2D eigenvalue weighted by Crippen LogP contribution is 2.52. The molecule has 38 heavy (non-hydrogen) atoms. The van der Waals surface area contributed by atoms with Crippen LogP contribution in [0.25, 0.3) is 11.0 Å². The molecule has 3 aromatic rings. The average molecular weight is 520 g/mol. The number of nitrogens with zero attached hydrogens (tertiary/aromatic N) is 6. The zero-order valence-electron chi connectivity index (χ0n) is 23.8. The predicted octanol–water partition coefficient (Wildman–Crippen LogP) is 4.42. The molecule has 5 rings (SSSR count). The van der Waals surface area contributed by atoms with Gasteiger partial charge in [0.2, 0.25) is 5.95 Å². The van der Waals surface area contributed by atoms with Crippen LogP contribution in [0.4, 0.5) is 17.3 Å². The number of ether oxygens (including phenoxy) is 1. The summed E-state index contributed by atoms with van der Waals surface area (Å²) in [5, 5.41) is 4.26. The Morgan fingerprint density at radius 3 is 2.50 bits per heavy atom. The van der Waals surface area contributed by atoms with Gasteiger partial charge in [0, 0.05) is 63.6 Å². The number of rotatable bonds is 7. The zero-order chi connectivity index (χ0) is 27.2. The molecule has 1 amide bonds. The van der Waals surface area contributed by atoms with Crippen LogP contribution in [0.3, 0.4) is 0 Å². The number of hydrogen-bond acceptors (Lipinski definition) is 7. The molecule has 1 saturated heterocycles. The lowest BCUT2D eigenvalue weighted by Crippen LogP contribution is -2.53. The predicted molar refractivity (Wildman–Crippen MR) is 153 cm³/mol.